The number of carboxylic acids is 1. The third kappa shape index (κ3) is 2.21. The van der Waals surface area contributed by atoms with E-state index in [1.807, 2.05) is 0 Å². The summed E-state index contributed by atoms with van der Waals surface area (Å²) in [6, 6.07) is -0.975. The van der Waals surface area contributed by atoms with Crippen molar-refractivity contribution in [3.8, 4) is 0 Å². The molecule has 2 rings (SSSR count). The van der Waals surface area contributed by atoms with Crippen LogP contribution < -0.4 is 5.32 Å². The van der Waals surface area contributed by atoms with Gasteiger partial charge in [-0.25, -0.2) is 9.59 Å². The molecule has 0 saturated carbocycles. The van der Waals surface area contributed by atoms with Crippen LogP contribution >= 0.6 is 0 Å². The Hall–Kier alpha value is -1.79. The van der Waals surface area contributed by atoms with Gasteiger partial charge in [0.25, 0.3) is 0 Å². The van der Waals surface area contributed by atoms with Gasteiger partial charge in [-0.3, -0.25) is 4.79 Å². The minimum Gasteiger partial charge on any atom is -0.479 e. The van der Waals surface area contributed by atoms with E-state index >= 15 is 0 Å². The van der Waals surface area contributed by atoms with E-state index in [0.29, 0.717) is 38.8 Å². The Kier molecular flexibility index (Phi) is 3.87. The summed E-state index contributed by atoms with van der Waals surface area (Å²) in [6.45, 7) is 2.80. The van der Waals surface area contributed by atoms with E-state index in [0.717, 1.165) is 0 Å². The Morgan fingerprint density at radius 2 is 2.15 bits per heavy atom. The minimum atomic E-state index is -1.13. The predicted molar refractivity (Wildman–Crippen MR) is 71.2 cm³/mol. The van der Waals surface area contributed by atoms with Crippen molar-refractivity contribution in [3.63, 3.8) is 0 Å². The highest BCUT2D eigenvalue weighted by molar-refractivity contribution is 5.91. The van der Waals surface area contributed by atoms with Gasteiger partial charge in [-0.05, 0) is 25.7 Å². The van der Waals surface area contributed by atoms with E-state index in [1.165, 1.54) is 4.90 Å². The lowest BCUT2D eigenvalue weighted by Gasteiger charge is -2.34. The number of carbonyl (C=O) groups excluding carboxylic acids is 2. The molecule has 3 amide bonds. The number of hydrogen-bond acceptors (Lipinski definition) is 3. The second-order valence-electron chi connectivity index (χ2n) is 5.50. The van der Waals surface area contributed by atoms with Crippen LogP contribution in [0.2, 0.25) is 0 Å². The van der Waals surface area contributed by atoms with Gasteiger partial charge in [0.15, 0.2) is 0 Å². The van der Waals surface area contributed by atoms with E-state index in [1.54, 1.807) is 18.9 Å². The SMILES string of the molecule is CCC1(C(=O)O)CCCN1C(=O)NC1CCN(C)C1=O. The summed E-state index contributed by atoms with van der Waals surface area (Å²) >= 11 is 0. The number of likely N-dealkylation sites (N-methyl/N-ethyl adjacent to an activating group) is 1. The smallest absolute Gasteiger partial charge is 0.329 e. The van der Waals surface area contributed by atoms with Crippen LogP contribution in [0.15, 0.2) is 0 Å². The molecule has 7 heteroatoms. The van der Waals surface area contributed by atoms with Gasteiger partial charge >= 0.3 is 12.0 Å². The van der Waals surface area contributed by atoms with Crippen molar-refractivity contribution in [2.45, 2.75) is 44.2 Å². The Morgan fingerprint density at radius 3 is 2.65 bits per heavy atom. The molecule has 0 aliphatic carbocycles. The fourth-order valence-corrected chi connectivity index (χ4v) is 3.10. The molecule has 0 aromatic heterocycles. The van der Waals surface area contributed by atoms with Crippen LogP contribution in [-0.4, -0.2) is 64.5 Å². The van der Waals surface area contributed by atoms with Gasteiger partial charge in [-0.1, -0.05) is 6.92 Å². The zero-order valence-corrected chi connectivity index (χ0v) is 11.9. The monoisotopic (exact) mass is 283 g/mol. The van der Waals surface area contributed by atoms with E-state index < -0.39 is 23.6 Å². The van der Waals surface area contributed by atoms with Crippen molar-refractivity contribution in [1.29, 1.82) is 0 Å². The van der Waals surface area contributed by atoms with Crippen molar-refractivity contribution < 1.29 is 19.5 Å². The summed E-state index contributed by atoms with van der Waals surface area (Å²) in [5, 5.41) is 12.1. The van der Waals surface area contributed by atoms with Crippen molar-refractivity contribution in [2.24, 2.45) is 0 Å². The summed E-state index contributed by atoms with van der Waals surface area (Å²) in [4.78, 5) is 38.6. The van der Waals surface area contributed by atoms with E-state index in [-0.39, 0.29) is 5.91 Å². The third-order valence-corrected chi connectivity index (χ3v) is 4.44. The molecule has 2 aliphatic heterocycles. The Labute approximate surface area is 117 Å². The van der Waals surface area contributed by atoms with Crippen LogP contribution in [0.1, 0.15) is 32.6 Å². The summed E-state index contributed by atoms with van der Waals surface area (Å²) < 4.78 is 0. The number of aliphatic carboxylic acids is 1. The molecule has 7 nitrogen and oxygen atoms in total. The van der Waals surface area contributed by atoms with Crippen LogP contribution in [0.25, 0.3) is 0 Å². The third-order valence-electron chi connectivity index (χ3n) is 4.44. The lowest BCUT2D eigenvalue weighted by Crippen LogP contribution is -2.57. The van der Waals surface area contributed by atoms with Crippen LogP contribution in [0, 0.1) is 0 Å². The molecular formula is C13H21N3O4. The number of amides is 3. The van der Waals surface area contributed by atoms with Gasteiger partial charge in [-0.2, -0.15) is 0 Å². The number of urea groups is 1. The van der Waals surface area contributed by atoms with Gasteiger partial charge in [0, 0.05) is 20.1 Å². The molecule has 20 heavy (non-hydrogen) atoms. The molecule has 2 N–H and O–H groups in total. The topological polar surface area (TPSA) is 89.9 Å². The second-order valence-corrected chi connectivity index (χ2v) is 5.50. The average Bonchev–Trinajstić information content (AvgIpc) is 2.98. The van der Waals surface area contributed by atoms with Crippen LogP contribution in [0.3, 0.4) is 0 Å². The highest BCUT2D eigenvalue weighted by Gasteiger charge is 2.49. The number of nitrogens with one attached hydrogen (secondary N) is 1. The Bertz CT molecular complexity index is 439. The van der Waals surface area contributed by atoms with Crippen molar-refractivity contribution in [3.05, 3.63) is 0 Å². The molecule has 0 radical (unpaired) electrons. The predicted octanol–water partition coefficient (Wildman–Crippen LogP) is 0.256. The zero-order chi connectivity index (χ0) is 14.9. The zero-order valence-electron chi connectivity index (χ0n) is 11.9. The van der Waals surface area contributed by atoms with Crippen molar-refractivity contribution >= 4 is 17.9 Å². The lowest BCUT2D eigenvalue weighted by atomic mass is 9.93. The maximum atomic E-state index is 12.3. The molecular weight excluding hydrogens is 262 g/mol. The first-order valence-corrected chi connectivity index (χ1v) is 6.99. The maximum absolute atomic E-state index is 12.3. The summed E-state index contributed by atoms with van der Waals surface area (Å²) in [5.41, 5.74) is -1.13. The number of likely N-dealkylation sites (tertiary alicyclic amines) is 2. The van der Waals surface area contributed by atoms with Crippen LogP contribution in [-0.2, 0) is 9.59 Å². The fraction of sp³-hybridized carbons (Fsp3) is 0.769. The molecule has 2 saturated heterocycles. The number of nitrogens with zero attached hydrogens (tertiary/aromatic N) is 2. The molecule has 2 atom stereocenters. The van der Waals surface area contributed by atoms with Crippen molar-refractivity contribution in [2.75, 3.05) is 20.1 Å². The standard InChI is InChI=1S/C13H21N3O4/c1-3-13(11(18)19)6-4-7-16(13)12(20)14-9-5-8-15(2)10(9)17/h9H,3-8H2,1-2H3,(H,14,20)(H,18,19). The number of hydrogen-bond donors (Lipinski definition) is 2. The maximum Gasteiger partial charge on any atom is 0.329 e. The van der Waals surface area contributed by atoms with Gasteiger partial charge in [-0.15, -0.1) is 0 Å². The summed E-state index contributed by atoms with van der Waals surface area (Å²) in [6.07, 6.45) is 2.08. The normalized spacial score (nSPS) is 29.9. The number of carboxylic acid groups (broad SMARTS) is 1. The average molecular weight is 283 g/mol. The Morgan fingerprint density at radius 1 is 1.45 bits per heavy atom. The van der Waals surface area contributed by atoms with E-state index in [2.05, 4.69) is 5.32 Å². The van der Waals surface area contributed by atoms with Crippen LogP contribution in [0.5, 0.6) is 0 Å². The first-order chi connectivity index (χ1) is 9.42. The first-order valence-electron chi connectivity index (χ1n) is 6.99. The molecule has 112 valence electrons. The first kappa shape index (κ1) is 14.6. The van der Waals surface area contributed by atoms with Gasteiger partial charge in [0.05, 0.1) is 0 Å². The highest BCUT2D eigenvalue weighted by atomic mass is 16.4. The summed E-state index contributed by atoms with van der Waals surface area (Å²) in [5.74, 6) is -1.09. The molecule has 0 aromatic carbocycles. The van der Waals surface area contributed by atoms with E-state index in [4.69, 9.17) is 0 Å². The fourth-order valence-electron chi connectivity index (χ4n) is 3.10. The van der Waals surface area contributed by atoms with Gasteiger partial charge < -0.3 is 20.2 Å². The second kappa shape index (κ2) is 5.30. The number of rotatable bonds is 3. The molecule has 2 fully saturated rings. The molecule has 0 bridgehead atoms. The summed E-state index contributed by atoms with van der Waals surface area (Å²) in [7, 11) is 1.69. The van der Waals surface area contributed by atoms with E-state index in [9.17, 15) is 19.5 Å². The Balaban J connectivity index is 2.09. The molecule has 0 aromatic rings. The highest BCUT2D eigenvalue weighted by Crippen LogP contribution is 2.32. The van der Waals surface area contributed by atoms with Crippen LogP contribution in [0.4, 0.5) is 4.79 Å². The minimum absolute atomic E-state index is 0.116. The van der Waals surface area contributed by atoms with Gasteiger partial charge in [0.1, 0.15) is 11.6 Å². The quantitative estimate of drug-likeness (QED) is 0.777. The number of carbonyl (C=O) groups is 3. The molecule has 2 aliphatic rings. The molecule has 2 unspecified atom stereocenters. The molecule has 2 heterocycles. The van der Waals surface area contributed by atoms with Gasteiger partial charge in [0.2, 0.25) is 5.91 Å². The molecule has 0 spiro atoms. The largest absolute Gasteiger partial charge is 0.479 e. The van der Waals surface area contributed by atoms with Crippen molar-refractivity contribution in [1.82, 2.24) is 15.1 Å². The lowest BCUT2D eigenvalue weighted by molar-refractivity contribution is -0.148.